The second-order valence-electron chi connectivity index (χ2n) is 7.27. The maximum atomic E-state index is 12.4. The van der Waals surface area contributed by atoms with E-state index in [0.29, 0.717) is 44.8 Å². The molecule has 190 valence electrons. The molecule has 0 bridgehead atoms. The van der Waals surface area contributed by atoms with Gasteiger partial charge >= 0.3 is 0 Å². The first-order valence-electron chi connectivity index (χ1n) is 10.8. The molecule has 2 amide bonds. The van der Waals surface area contributed by atoms with Crippen LogP contribution >= 0.6 is 35.0 Å². The van der Waals surface area contributed by atoms with Crippen molar-refractivity contribution < 1.29 is 19.1 Å². The number of hydrogen-bond donors (Lipinski definition) is 2. The average molecular weight is 550 g/mol. The van der Waals surface area contributed by atoms with Crippen molar-refractivity contribution in [3.8, 4) is 11.5 Å². The number of aromatic nitrogens is 3. The van der Waals surface area contributed by atoms with Crippen LogP contribution in [-0.4, -0.2) is 46.6 Å². The second-order valence-corrected chi connectivity index (χ2v) is 9.06. The summed E-state index contributed by atoms with van der Waals surface area (Å²) in [6.45, 7) is 2.69. The fourth-order valence-corrected chi connectivity index (χ4v) is 4.30. The summed E-state index contributed by atoms with van der Waals surface area (Å²) < 4.78 is 12.3. The van der Waals surface area contributed by atoms with E-state index in [0.717, 1.165) is 5.56 Å². The minimum atomic E-state index is -0.289. The molecule has 2 aromatic carbocycles. The molecule has 1 heterocycles. The van der Waals surface area contributed by atoms with Crippen LogP contribution in [0.2, 0.25) is 10.0 Å². The van der Waals surface area contributed by atoms with Crippen LogP contribution in [0.5, 0.6) is 11.5 Å². The lowest BCUT2D eigenvalue weighted by atomic mass is 10.2. The molecule has 0 saturated carbocycles. The van der Waals surface area contributed by atoms with E-state index in [1.807, 2.05) is 17.6 Å². The average Bonchev–Trinajstić information content (AvgIpc) is 3.28. The number of thioether (sulfide) groups is 1. The summed E-state index contributed by atoms with van der Waals surface area (Å²) in [5.74, 6) is 1.31. The highest BCUT2D eigenvalue weighted by atomic mass is 35.5. The number of halogens is 2. The van der Waals surface area contributed by atoms with Crippen molar-refractivity contribution >= 4 is 58.5 Å². The molecule has 0 aliphatic carbocycles. The monoisotopic (exact) mass is 549 g/mol. The molecule has 0 fully saturated rings. The van der Waals surface area contributed by atoms with Crippen molar-refractivity contribution in [2.75, 3.05) is 25.3 Å². The number of nitrogens with zero attached hydrogens (tertiary/aromatic N) is 3. The molecule has 0 saturated heterocycles. The number of methoxy groups -OCH3 is 2. The third-order valence-electron chi connectivity index (χ3n) is 4.90. The largest absolute Gasteiger partial charge is 0.493 e. The number of benzene rings is 2. The van der Waals surface area contributed by atoms with Gasteiger partial charge in [-0.05, 0) is 48.9 Å². The molecule has 0 aliphatic rings. The molecule has 3 aromatic rings. The van der Waals surface area contributed by atoms with Crippen LogP contribution in [-0.2, 0) is 22.7 Å². The summed E-state index contributed by atoms with van der Waals surface area (Å²) in [5, 5.41) is 15.3. The Morgan fingerprint density at radius 2 is 1.86 bits per heavy atom. The third kappa shape index (κ3) is 7.39. The number of hydrogen-bond acceptors (Lipinski definition) is 7. The first kappa shape index (κ1) is 27.4. The van der Waals surface area contributed by atoms with Crippen molar-refractivity contribution in [3.05, 3.63) is 63.9 Å². The highest BCUT2D eigenvalue weighted by Crippen LogP contribution is 2.28. The van der Waals surface area contributed by atoms with Gasteiger partial charge in [0.1, 0.15) is 0 Å². The van der Waals surface area contributed by atoms with Gasteiger partial charge in [-0.15, -0.1) is 10.2 Å². The molecule has 0 aliphatic heterocycles. The van der Waals surface area contributed by atoms with Crippen LogP contribution in [0.4, 0.5) is 5.69 Å². The Kier molecular flexibility index (Phi) is 10.0. The van der Waals surface area contributed by atoms with Crippen molar-refractivity contribution in [3.63, 3.8) is 0 Å². The van der Waals surface area contributed by atoms with Crippen molar-refractivity contribution in [2.24, 2.45) is 0 Å². The van der Waals surface area contributed by atoms with Crippen LogP contribution in [0.15, 0.2) is 47.6 Å². The summed E-state index contributed by atoms with van der Waals surface area (Å²) in [5.41, 5.74) is 1.23. The van der Waals surface area contributed by atoms with Crippen molar-refractivity contribution in [2.45, 2.75) is 25.2 Å². The molecule has 2 N–H and O–H groups in total. The van der Waals surface area contributed by atoms with Crippen LogP contribution in [0.3, 0.4) is 0 Å². The molecule has 0 radical (unpaired) electrons. The Labute approximate surface area is 223 Å². The molecule has 12 heteroatoms. The van der Waals surface area contributed by atoms with Gasteiger partial charge < -0.3 is 24.7 Å². The number of carbonyl (C=O) groups excluding carboxylic acids is 2. The van der Waals surface area contributed by atoms with Gasteiger partial charge in [0.2, 0.25) is 11.8 Å². The van der Waals surface area contributed by atoms with Gasteiger partial charge in [0, 0.05) is 17.6 Å². The number of anilines is 1. The van der Waals surface area contributed by atoms with Crippen molar-refractivity contribution in [1.29, 1.82) is 0 Å². The number of amides is 2. The minimum absolute atomic E-state index is 0.0986. The van der Waals surface area contributed by atoms with Gasteiger partial charge in [0.05, 0.1) is 37.2 Å². The Morgan fingerprint density at radius 1 is 1.08 bits per heavy atom. The predicted octanol–water partition coefficient (Wildman–Crippen LogP) is 4.68. The molecule has 3 rings (SSSR count). The zero-order chi connectivity index (χ0) is 26.1. The highest BCUT2D eigenvalue weighted by molar-refractivity contribution is 7.99. The Balaban J connectivity index is 1.55. The number of nitrogens with one attached hydrogen (secondary N) is 2. The van der Waals surface area contributed by atoms with Gasteiger partial charge in [-0.2, -0.15) is 0 Å². The third-order valence-corrected chi connectivity index (χ3v) is 6.43. The molecular formula is C24H25Cl2N5O4S. The molecule has 0 unspecified atom stereocenters. The summed E-state index contributed by atoms with van der Waals surface area (Å²) in [4.78, 5) is 24.7. The van der Waals surface area contributed by atoms with Gasteiger partial charge in [-0.1, -0.05) is 41.0 Å². The predicted molar refractivity (Wildman–Crippen MR) is 142 cm³/mol. The van der Waals surface area contributed by atoms with Crippen LogP contribution in [0, 0.1) is 0 Å². The highest BCUT2D eigenvalue weighted by Gasteiger charge is 2.14. The van der Waals surface area contributed by atoms with E-state index in [-0.39, 0.29) is 24.1 Å². The fourth-order valence-electron chi connectivity index (χ4n) is 3.14. The second kappa shape index (κ2) is 13.2. The molecule has 0 atom stereocenters. The summed E-state index contributed by atoms with van der Waals surface area (Å²) in [6, 6.07) is 10.2. The van der Waals surface area contributed by atoms with Gasteiger partial charge in [-0.3, -0.25) is 9.59 Å². The Morgan fingerprint density at radius 3 is 2.58 bits per heavy atom. The standard InChI is InChI=1S/C24H25Cl2N5O4S/c1-4-31-21(13-27-22(32)10-6-15-5-9-19(34-2)20(11-15)35-3)29-30-24(31)36-14-23(33)28-18-12-16(25)7-8-17(18)26/h5-12H,4,13-14H2,1-3H3,(H,27,32)(H,28,33). The molecule has 36 heavy (non-hydrogen) atoms. The first-order valence-corrected chi connectivity index (χ1v) is 12.6. The Bertz CT molecular complexity index is 1270. The number of rotatable bonds is 11. The van der Waals surface area contributed by atoms with Crippen molar-refractivity contribution in [1.82, 2.24) is 20.1 Å². The minimum Gasteiger partial charge on any atom is -0.493 e. The van der Waals surface area contributed by atoms with Crippen LogP contribution in [0.25, 0.3) is 6.08 Å². The fraction of sp³-hybridized carbons (Fsp3) is 0.250. The zero-order valence-corrected chi connectivity index (χ0v) is 22.2. The van der Waals surface area contributed by atoms with Gasteiger partial charge in [-0.25, -0.2) is 0 Å². The lowest BCUT2D eigenvalue weighted by Crippen LogP contribution is -2.22. The maximum Gasteiger partial charge on any atom is 0.244 e. The van der Waals surface area contributed by atoms with E-state index < -0.39 is 0 Å². The van der Waals surface area contributed by atoms with E-state index in [2.05, 4.69) is 20.8 Å². The first-order chi connectivity index (χ1) is 17.3. The summed E-state index contributed by atoms with van der Waals surface area (Å²) >= 11 is 13.3. The zero-order valence-electron chi connectivity index (χ0n) is 19.9. The molecule has 0 spiro atoms. The quantitative estimate of drug-likeness (QED) is 0.264. The number of ether oxygens (including phenoxy) is 2. The van der Waals surface area contributed by atoms with E-state index in [9.17, 15) is 9.59 Å². The van der Waals surface area contributed by atoms with E-state index in [1.54, 1.807) is 50.6 Å². The lowest BCUT2D eigenvalue weighted by molar-refractivity contribution is -0.116. The molecule has 9 nitrogen and oxygen atoms in total. The SMILES string of the molecule is CCn1c(CNC(=O)C=Cc2ccc(OC)c(OC)c2)nnc1SCC(=O)Nc1cc(Cl)ccc1Cl. The van der Waals surface area contributed by atoms with Gasteiger partial charge in [0.25, 0.3) is 0 Å². The van der Waals surface area contributed by atoms with E-state index >= 15 is 0 Å². The van der Waals surface area contributed by atoms with Crippen LogP contribution in [0.1, 0.15) is 18.3 Å². The smallest absolute Gasteiger partial charge is 0.244 e. The normalized spacial score (nSPS) is 10.9. The Hall–Kier alpha value is -3.21. The summed E-state index contributed by atoms with van der Waals surface area (Å²) in [7, 11) is 3.11. The van der Waals surface area contributed by atoms with Gasteiger partial charge in [0.15, 0.2) is 22.5 Å². The lowest BCUT2D eigenvalue weighted by Gasteiger charge is -2.09. The summed E-state index contributed by atoms with van der Waals surface area (Å²) in [6.07, 6.45) is 3.10. The van der Waals surface area contributed by atoms with Crippen LogP contribution < -0.4 is 20.1 Å². The molecular weight excluding hydrogens is 525 g/mol. The van der Waals surface area contributed by atoms with E-state index in [4.69, 9.17) is 32.7 Å². The molecule has 1 aromatic heterocycles. The number of carbonyl (C=O) groups is 2. The maximum absolute atomic E-state index is 12.4. The topological polar surface area (TPSA) is 107 Å². The van der Waals surface area contributed by atoms with E-state index in [1.165, 1.54) is 17.8 Å².